The molecule has 2 atom stereocenters. The van der Waals surface area contributed by atoms with Crippen molar-refractivity contribution in [3.05, 3.63) is 75.5 Å². The summed E-state index contributed by atoms with van der Waals surface area (Å²) in [5.41, 5.74) is 8.69. The van der Waals surface area contributed by atoms with Crippen LogP contribution in [0.5, 0.6) is 5.88 Å². The number of aryl methyl sites for hydroxylation is 4. The van der Waals surface area contributed by atoms with E-state index in [4.69, 9.17) is 9.47 Å². The molecule has 2 aliphatic rings. The minimum absolute atomic E-state index is 0.0972. The Balaban J connectivity index is 1.45. The molecule has 0 saturated heterocycles. The molecular formula is C33H39N5O5S. The molecule has 1 aliphatic carbocycles. The van der Waals surface area contributed by atoms with Crippen LogP contribution in [0.15, 0.2) is 41.3 Å². The molecule has 232 valence electrons. The van der Waals surface area contributed by atoms with E-state index in [9.17, 15) is 13.2 Å². The van der Waals surface area contributed by atoms with Crippen LogP contribution in [0.4, 0.5) is 0 Å². The maximum atomic E-state index is 14.1. The number of hydrogen-bond donors (Lipinski definition) is 0. The number of sulfonamides is 1. The van der Waals surface area contributed by atoms with E-state index in [1.807, 2.05) is 40.0 Å². The van der Waals surface area contributed by atoms with Crippen molar-refractivity contribution in [3.8, 4) is 5.88 Å². The molecule has 1 unspecified atom stereocenters. The van der Waals surface area contributed by atoms with Crippen molar-refractivity contribution in [1.82, 2.24) is 24.3 Å². The second-order valence-corrected chi connectivity index (χ2v) is 13.7. The summed E-state index contributed by atoms with van der Waals surface area (Å²) in [5.74, 6) is -0.413. The summed E-state index contributed by atoms with van der Waals surface area (Å²) in [6.45, 7) is 8.37. The van der Waals surface area contributed by atoms with Gasteiger partial charge in [-0.15, -0.1) is 5.10 Å². The number of aromatic nitrogens is 4. The van der Waals surface area contributed by atoms with Crippen LogP contribution in [0, 0.1) is 13.8 Å². The first-order valence-corrected chi connectivity index (χ1v) is 16.8. The summed E-state index contributed by atoms with van der Waals surface area (Å²) >= 11 is 0. The lowest BCUT2D eigenvalue weighted by Crippen LogP contribution is -2.36. The number of benzene rings is 2. The quantitative estimate of drug-likeness (QED) is 0.256. The number of fused-ring (bicyclic) bond motifs is 3. The molecule has 0 spiro atoms. The van der Waals surface area contributed by atoms with Gasteiger partial charge in [0, 0.05) is 25.2 Å². The van der Waals surface area contributed by atoms with Crippen molar-refractivity contribution < 1.29 is 22.7 Å². The molecule has 0 N–H and O–H groups in total. The van der Waals surface area contributed by atoms with Gasteiger partial charge >= 0.3 is 5.97 Å². The predicted octanol–water partition coefficient (Wildman–Crippen LogP) is 4.92. The smallest absolute Gasteiger partial charge is 0.306 e. The molecule has 2 aromatic heterocycles. The fourth-order valence-corrected chi connectivity index (χ4v) is 8.10. The Morgan fingerprint density at radius 3 is 2.73 bits per heavy atom. The maximum Gasteiger partial charge on any atom is 0.306 e. The van der Waals surface area contributed by atoms with Crippen molar-refractivity contribution >= 4 is 27.0 Å². The average Bonchev–Trinajstić information content (AvgIpc) is 3.60. The van der Waals surface area contributed by atoms with E-state index in [0.717, 1.165) is 52.5 Å². The van der Waals surface area contributed by atoms with Crippen molar-refractivity contribution in [2.24, 2.45) is 7.05 Å². The SMILES string of the molecule is CCOC(=O)CC(c1cc2c(c(CN3C[C@@H](CC)Oc4nc(C)ccc4S3(=O)=O)c1)CCC2)c1ccc2c(nnn2C)c1C. The number of carbonyl (C=O) groups is 1. The normalized spacial score (nSPS) is 18.3. The van der Waals surface area contributed by atoms with Crippen molar-refractivity contribution in [2.45, 2.75) is 83.3 Å². The van der Waals surface area contributed by atoms with Crippen LogP contribution >= 0.6 is 0 Å². The number of ether oxygens (including phenoxy) is 2. The molecule has 0 amide bonds. The molecule has 11 heteroatoms. The Morgan fingerprint density at radius 1 is 1.14 bits per heavy atom. The zero-order valence-corrected chi connectivity index (χ0v) is 26.8. The molecule has 4 aromatic rings. The Morgan fingerprint density at radius 2 is 1.95 bits per heavy atom. The Kier molecular flexibility index (Phi) is 8.19. The molecular weight excluding hydrogens is 578 g/mol. The Bertz CT molecular complexity index is 1850. The molecule has 2 aromatic carbocycles. The van der Waals surface area contributed by atoms with Crippen LogP contribution in [0.3, 0.4) is 0 Å². The number of esters is 1. The zero-order valence-electron chi connectivity index (χ0n) is 26.0. The number of rotatable bonds is 8. The Labute approximate surface area is 258 Å². The van der Waals surface area contributed by atoms with Gasteiger partial charge in [-0.1, -0.05) is 30.3 Å². The topological polar surface area (TPSA) is 117 Å². The van der Waals surface area contributed by atoms with Gasteiger partial charge in [0.1, 0.15) is 16.5 Å². The van der Waals surface area contributed by atoms with Gasteiger partial charge in [0.15, 0.2) is 0 Å². The molecule has 0 bridgehead atoms. The lowest BCUT2D eigenvalue weighted by atomic mass is 9.83. The van der Waals surface area contributed by atoms with Gasteiger partial charge in [-0.25, -0.2) is 18.1 Å². The van der Waals surface area contributed by atoms with Gasteiger partial charge in [0.25, 0.3) is 0 Å². The second-order valence-electron chi connectivity index (χ2n) is 11.8. The summed E-state index contributed by atoms with van der Waals surface area (Å²) in [6.07, 6.45) is 3.27. The summed E-state index contributed by atoms with van der Waals surface area (Å²) < 4.78 is 42.9. The number of nitrogens with zero attached hydrogens (tertiary/aromatic N) is 5. The van der Waals surface area contributed by atoms with Crippen LogP contribution in [-0.2, 0) is 46.0 Å². The minimum Gasteiger partial charge on any atom is -0.472 e. The van der Waals surface area contributed by atoms with E-state index in [2.05, 4.69) is 27.4 Å². The van der Waals surface area contributed by atoms with Crippen molar-refractivity contribution in [3.63, 3.8) is 0 Å². The lowest BCUT2D eigenvalue weighted by molar-refractivity contribution is -0.143. The minimum atomic E-state index is -3.88. The van der Waals surface area contributed by atoms with Gasteiger partial charge in [-0.3, -0.25) is 4.79 Å². The first kappa shape index (κ1) is 30.2. The largest absolute Gasteiger partial charge is 0.472 e. The number of hydrogen-bond acceptors (Lipinski definition) is 8. The molecule has 0 fully saturated rings. The van der Waals surface area contributed by atoms with E-state index in [1.165, 1.54) is 11.1 Å². The summed E-state index contributed by atoms with van der Waals surface area (Å²) in [5, 5.41) is 8.59. The highest BCUT2D eigenvalue weighted by atomic mass is 32.2. The predicted molar refractivity (Wildman–Crippen MR) is 166 cm³/mol. The third kappa shape index (κ3) is 5.47. The maximum absolute atomic E-state index is 14.1. The van der Waals surface area contributed by atoms with E-state index in [0.29, 0.717) is 18.7 Å². The molecule has 10 nitrogen and oxygen atoms in total. The van der Waals surface area contributed by atoms with Crippen LogP contribution in [-0.4, -0.2) is 57.9 Å². The molecule has 0 saturated carbocycles. The monoisotopic (exact) mass is 617 g/mol. The van der Waals surface area contributed by atoms with Gasteiger partial charge in [-0.05, 0) is 98.0 Å². The molecule has 1 aliphatic heterocycles. The highest BCUT2D eigenvalue weighted by Gasteiger charge is 2.36. The Hall–Kier alpha value is -3.83. The van der Waals surface area contributed by atoms with Gasteiger partial charge in [0.05, 0.1) is 25.1 Å². The van der Waals surface area contributed by atoms with Crippen LogP contribution in [0.25, 0.3) is 11.0 Å². The summed E-state index contributed by atoms with van der Waals surface area (Å²) in [7, 11) is -2.02. The first-order chi connectivity index (χ1) is 21.1. The van der Waals surface area contributed by atoms with Crippen molar-refractivity contribution in [1.29, 1.82) is 0 Å². The fourth-order valence-electron chi connectivity index (χ4n) is 6.60. The van der Waals surface area contributed by atoms with Crippen molar-refractivity contribution in [2.75, 3.05) is 13.2 Å². The van der Waals surface area contributed by atoms with E-state index >= 15 is 0 Å². The highest BCUT2D eigenvalue weighted by molar-refractivity contribution is 7.89. The van der Waals surface area contributed by atoms with E-state index < -0.39 is 10.0 Å². The standard InChI is InChI=1S/C33H39N5O5S/c1-6-25-19-38(44(40,41)30-14-11-20(3)34-33(30)43-25)18-24-16-23(15-22-9-8-10-27(22)24)28(17-31(39)42-7-2)26-12-13-29-32(21(26)4)35-36-37(29)5/h11-16,25,28H,6-10,17-19H2,1-5H3/t25-,28?/m1/s1. The summed E-state index contributed by atoms with van der Waals surface area (Å²) in [4.78, 5) is 17.5. The molecule has 3 heterocycles. The lowest BCUT2D eigenvalue weighted by Gasteiger charge is -2.26. The third-order valence-corrected chi connectivity index (χ3v) is 10.8. The fraction of sp³-hybridized carbons (Fsp3) is 0.455. The summed E-state index contributed by atoms with van der Waals surface area (Å²) in [6, 6.07) is 11.6. The highest BCUT2D eigenvalue weighted by Crippen LogP contribution is 2.39. The van der Waals surface area contributed by atoms with E-state index in [1.54, 1.807) is 28.0 Å². The third-order valence-electron chi connectivity index (χ3n) is 8.93. The van der Waals surface area contributed by atoms with Gasteiger partial charge in [-0.2, -0.15) is 4.31 Å². The second kappa shape index (κ2) is 11.9. The van der Waals surface area contributed by atoms with Crippen LogP contribution < -0.4 is 4.74 Å². The van der Waals surface area contributed by atoms with E-state index in [-0.39, 0.29) is 48.3 Å². The molecule has 44 heavy (non-hydrogen) atoms. The van der Waals surface area contributed by atoms with Crippen LogP contribution in [0.2, 0.25) is 0 Å². The van der Waals surface area contributed by atoms with Gasteiger partial charge < -0.3 is 9.47 Å². The van der Waals surface area contributed by atoms with Crippen LogP contribution in [0.1, 0.15) is 78.1 Å². The first-order valence-electron chi connectivity index (χ1n) is 15.3. The molecule has 6 rings (SSSR count). The number of carbonyl (C=O) groups excluding carboxylic acids is 1. The zero-order chi connectivity index (χ0) is 31.2. The average molecular weight is 618 g/mol. The van der Waals surface area contributed by atoms with Gasteiger partial charge in [0.2, 0.25) is 15.9 Å². The number of pyridine rings is 1. The molecule has 0 radical (unpaired) electrons.